The number of fused-ring (bicyclic) bond motifs is 1. The number of hydrogen-bond donors (Lipinski definition) is 0. The monoisotopic (exact) mass is 354 g/mol. The van der Waals surface area contributed by atoms with Gasteiger partial charge in [0.05, 0.1) is 17.5 Å². The Bertz CT molecular complexity index is 950. The summed E-state index contributed by atoms with van der Waals surface area (Å²) in [5.41, 5.74) is 3.26. The van der Waals surface area contributed by atoms with Crippen molar-refractivity contribution < 1.29 is 4.74 Å². The van der Waals surface area contributed by atoms with Crippen molar-refractivity contribution in [3.63, 3.8) is 0 Å². The zero-order chi connectivity index (χ0) is 17.8. The van der Waals surface area contributed by atoms with Crippen LogP contribution in [0.4, 0.5) is 0 Å². The van der Waals surface area contributed by atoms with E-state index >= 15 is 0 Å². The van der Waals surface area contributed by atoms with Crippen molar-refractivity contribution in [2.24, 2.45) is 7.05 Å². The Kier molecular flexibility index (Phi) is 5.43. The van der Waals surface area contributed by atoms with Crippen LogP contribution >= 0.6 is 11.8 Å². The number of aryl methyl sites for hydroxylation is 2. The van der Waals surface area contributed by atoms with Crippen LogP contribution in [0.3, 0.4) is 0 Å². The first kappa shape index (κ1) is 17.5. The van der Waals surface area contributed by atoms with Crippen LogP contribution in [0.25, 0.3) is 10.9 Å². The Morgan fingerprint density at radius 1 is 1.12 bits per heavy atom. The highest BCUT2D eigenvalue weighted by Gasteiger charge is 2.08. The van der Waals surface area contributed by atoms with Gasteiger partial charge in [0, 0.05) is 12.8 Å². The van der Waals surface area contributed by atoms with Crippen molar-refractivity contribution >= 4 is 22.7 Å². The van der Waals surface area contributed by atoms with Crippen LogP contribution < -0.4 is 10.3 Å². The summed E-state index contributed by atoms with van der Waals surface area (Å²) in [4.78, 5) is 17.0. The Morgan fingerprint density at radius 2 is 1.92 bits per heavy atom. The lowest BCUT2D eigenvalue weighted by Gasteiger charge is -2.10. The molecule has 5 heteroatoms. The minimum Gasteiger partial charge on any atom is -0.494 e. The molecule has 25 heavy (non-hydrogen) atoms. The lowest BCUT2D eigenvalue weighted by molar-refractivity contribution is 0.318. The van der Waals surface area contributed by atoms with E-state index in [1.165, 1.54) is 11.1 Å². The van der Waals surface area contributed by atoms with Crippen LogP contribution in [-0.4, -0.2) is 21.9 Å². The van der Waals surface area contributed by atoms with Gasteiger partial charge in [0.1, 0.15) is 5.75 Å². The summed E-state index contributed by atoms with van der Waals surface area (Å²) < 4.78 is 7.42. The molecule has 0 saturated heterocycles. The van der Waals surface area contributed by atoms with Gasteiger partial charge in [0.2, 0.25) is 0 Å². The van der Waals surface area contributed by atoms with E-state index in [1.54, 1.807) is 23.4 Å². The van der Waals surface area contributed by atoms with Crippen LogP contribution in [0.2, 0.25) is 0 Å². The molecule has 3 aromatic rings. The topological polar surface area (TPSA) is 44.1 Å². The maximum Gasteiger partial charge on any atom is 0.261 e. The third kappa shape index (κ3) is 4.04. The minimum absolute atomic E-state index is 0.000481. The van der Waals surface area contributed by atoms with Crippen molar-refractivity contribution in [3.05, 3.63) is 63.9 Å². The number of ether oxygens (including phenoxy) is 1. The molecule has 0 radical (unpaired) electrons. The average Bonchev–Trinajstić information content (AvgIpc) is 2.62. The van der Waals surface area contributed by atoms with E-state index in [1.807, 2.05) is 30.3 Å². The van der Waals surface area contributed by atoms with Gasteiger partial charge < -0.3 is 4.74 Å². The molecule has 0 N–H and O–H groups in total. The summed E-state index contributed by atoms with van der Waals surface area (Å²) in [6, 6.07) is 13.6. The quantitative estimate of drug-likeness (QED) is 0.380. The molecule has 0 amide bonds. The molecule has 0 atom stereocenters. The molecule has 1 aromatic heterocycles. The van der Waals surface area contributed by atoms with E-state index < -0.39 is 0 Å². The highest BCUT2D eigenvalue weighted by Crippen LogP contribution is 2.19. The lowest BCUT2D eigenvalue weighted by Crippen LogP contribution is -2.20. The SMILES string of the molecule is Cc1ccc(OCCCSc2nc3ccccc3c(=O)n2C)cc1C. The average molecular weight is 354 g/mol. The maximum absolute atomic E-state index is 12.4. The molecule has 2 aromatic carbocycles. The van der Waals surface area contributed by atoms with Crippen LogP contribution in [0, 0.1) is 13.8 Å². The zero-order valence-electron chi connectivity index (χ0n) is 14.8. The summed E-state index contributed by atoms with van der Waals surface area (Å²) in [6.45, 7) is 4.83. The van der Waals surface area contributed by atoms with Crippen molar-refractivity contribution in [1.29, 1.82) is 0 Å². The number of para-hydroxylation sites is 1. The van der Waals surface area contributed by atoms with Gasteiger partial charge in [-0.15, -0.1) is 0 Å². The predicted octanol–water partition coefficient (Wildman–Crippen LogP) is 4.11. The largest absolute Gasteiger partial charge is 0.494 e. The summed E-state index contributed by atoms with van der Waals surface area (Å²) in [7, 11) is 1.77. The second kappa shape index (κ2) is 7.74. The van der Waals surface area contributed by atoms with Gasteiger partial charge >= 0.3 is 0 Å². The van der Waals surface area contributed by atoms with Gasteiger partial charge in [0.25, 0.3) is 5.56 Å². The molecule has 130 valence electrons. The Labute approximate surface area is 151 Å². The van der Waals surface area contributed by atoms with Gasteiger partial charge in [-0.25, -0.2) is 4.98 Å². The Hall–Kier alpha value is -2.27. The van der Waals surface area contributed by atoms with Crippen molar-refractivity contribution in [1.82, 2.24) is 9.55 Å². The Balaban J connectivity index is 1.57. The summed E-state index contributed by atoms with van der Waals surface area (Å²) >= 11 is 1.59. The number of rotatable bonds is 6. The third-order valence-electron chi connectivity index (χ3n) is 4.21. The van der Waals surface area contributed by atoms with E-state index in [0.717, 1.165) is 28.6 Å². The highest BCUT2D eigenvalue weighted by molar-refractivity contribution is 7.99. The molecule has 0 unspecified atom stereocenters. The number of benzene rings is 2. The number of thioether (sulfide) groups is 1. The molecule has 0 aliphatic rings. The lowest BCUT2D eigenvalue weighted by atomic mass is 10.1. The van der Waals surface area contributed by atoms with Crippen molar-refractivity contribution in [2.75, 3.05) is 12.4 Å². The van der Waals surface area contributed by atoms with Crippen LogP contribution in [-0.2, 0) is 7.05 Å². The first-order valence-electron chi connectivity index (χ1n) is 8.35. The molecule has 0 bridgehead atoms. The standard InChI is InChI=1S/C20H22N2O2S/c1-14-9-10-16(13-15(14)2)24-11-6-12-25-20-21-18-8-5-4-7-17(18)19(23)22(20)3/h4-5,7-10,13H,6,11-12H2,1-3H3. The third-order valence-corrected chi connectivity index (χ3v) is 5.33. The van der Waals surface area contributed by atoms with Crippen molar-refractivity contribution in [2.45, 2.75) is 25.4 Å². The van der Waals surface area contributed by atoms with Crippen LogP contribution in [0.15, 0.2) is 52.4 Å². The molecule has 4 nitrogen and oxygen atoms in total. The first-order valence-corrected chi connectivity index (χ1v) is 9.33. The second-order valence-electron chi connectivity index (χ2n) is 6.07. The molecule has 0 aliphatic carbocycles. The molecule has 0 fully saturated rings. The van der Waals surface area contributed by atoms with E-state index in [9.17, 15) is 4.79 Å². The van der Waals surface area contributed by atoms with Crippen molar-refractivity contribution in [3.8, 4) is 5.75 Å². The van der Waals surface area contributed by atoms with Crippen LogP contribution in [0.5, 0.6) is 5.75 Å². The molecule has 0 saturated carbocycles. The molecule has 1 heterocycles. The van der Waals surface area contributed by atoms with Gasteiger partial charge in [0.15, 0.2) is 5.16 Å². The number of hydrogen-bond acceptors (Lipinski definition) is 4. The van der Waals surface area contributed by atoms with Gasteiger partial charge in [-0.05, 0) is 55.7 Å². The predicted molar refractivity (Wildman–Crippen MR) is 104 cm³/mol. The van der Waals surface area contributed by atoms with E-state index in [4.69, 9.17) is 4.74 Å². The summed E-state index contributed by atoms with van der Waals surface area (Å²) in [6.07, 6.45) is 0.889. The summed E-state index contributed by atoms with van der Waals surface area (Å²) in [5, 5.41) is 1.40. The zero-order valence-corrected chi connectivity index (χ0v) is 15.6. The molecule has 0 spiro atoms. The van der Waals surface area contributed by atoms with Gasteiger partial charge in [-0.3, -0.25) is 9.36 Å². The minimum atomic E-state index is -0.000481. The highest BCUT2D eigenvalue weighted by atomic mass is 32.2. The fourth-order valence-corrected chi connectivity index (χ4v) is 3.43. The molecule has 3 rings (SSSR count). The number of aromatic nitrogens is 2. The molecule has 0 aliphatic heterocycles. The summed E-state index contributed by atoms with van der Waals surface area (Å²) in [5.74, 6) is 1.76. The fraction of sp³-hybridized carbons (Fsp3) is 0.300. The van der Waals surface area contributed by atoms with E-state index in [-0.39, 0.29) is 5.56 Å². The molecular weight excluding hydrogens is 332 g/mol. The second-order valence-corrected chi connectivity index (χ2v) is 7.13. The van der Waals surface area contributed by atoms with Gasteiger partial charge in [-0.1, -0.05) is 30.0 Å². The normalized spacial score (nSPS) is 11.0. The maximum atomic E-state index is 12.4. The molecular formula is C20H22N2O2S. The first-order chi connectivity index (χ1) is 12.1. The Morgan fingerprint density at radius 3 is 2.72 bits per heavy atom. The van der Waals surface area contributed by atoms with E-state index in [2.05, 4.69) is 31.0 Å². The smallest absolute Gasteiger partial charge is 0.261 e. The van der Waals surface area contributed by atoms with Crippen LogP contribution in [0.1, 0.15) is 17.5 Å². The number of nitrogens with zero attached hydrogens (tertiary/aromatic N) is 2. The fourth-order valence-electron chi connectivity index (χ4n) is 2.54. The van der Waals surface area contributed by atoms with E-state index in [0.29, 0.717) is 12.0 Å². The van der Waals surface area contributed by atoms with Gasteiger partial charge in [-0.2, -0.15) is 0 Å².